The monoisotopic (exact) mass is 197 g/mol. The third-order valence-electron chi connectivity index (χ3n) is 4.03. The molecule has 0 radical (unpaired) electrons. The maximum atomic E-state index is 5.80. The average Bonchev–Trinajstić information content (AvgIpc) is 2.56. The van der Waals surface area contributed by atoms with Crippen LogP contribution in [0.2, 0.25) is 0 Å². The lowest BCUT2D eigenvalue weighted by atomic mass is 9.86. The molecule has 2 aliphatic rings. The van der Waals surface area contributed by atoms with Crippen molar-refractivity contribution in [3.8, 4) is 0 Å². The minimum Gasteiger partial charge on any atom is -0.381 e. The quantitative estimate of drug-likeness (QED) is 0.733. The number of hydrogen-bond donors (Lipinski definition) is 1. The molecule has 2 nitrogen and oxygen atoms in total. The van der Waals surface area contributed by atoms with E-state index < -0.39 is 0 Å². The van der Waals surface area contributed by atoms with E-state index in [1.165, 1.54) is 38.5 Å². The predicted molar refractivity (Wildman–Crippen MR) is 58.0 cm³/mol. The number of hydrogen-bond acceptors (Lipinski definition) is 2. The van der Waals surface area contributed by atoms with Gasteiger partial charge in [0.15, 0.2) is 0 Å². The summed E-state index contributed by atoms with van der Waals surface area (Å²) >= 11 is 0. The molecule has 0 amide bonds. The molecule has 82 valence electrons. The molecule has 0 saturated heterocycles. The summed E-state index contributed by atoms with van der Waals surface area (Å²) in [5.74, 6) is 2.39. The third-order valence-corrected chi connectivity index (χ3v) is 4.03. The highest BCUT2D eigenvalue weighted by molar-refractivity contribution is 4.78. The Labute approximate surface area is 87.2 Å². The van der Waals surface area contributed by atoms with E-state index >= 15 is 0 Å². The van der Waals surface area contributed by atoms with E-state index in [0.717, 1.165) is 37.5 Å². The van der Waals surface area contributed by atoms with E-state index in [-0.39, 0.29) is 0 Å². The number of rotatable bonds is 5. The highest BCUT2D eigenvalue weighted by atomic mass is 16.5. The van der Waals surface area contributed by atoms with Crippen LogP contribution in [0.1, 0.15) is 38.5 Å². The molecule has 2 N–H and O–H groups in total. The molecule has 2 unspecified atom stereocenters. The molecule has 2 saturated carbocycles. The number of nitrogens with two attached hydrogens (primary N) is 1. The topological polar surface area (TPSA) is 35.2 Å². The molecule has 0 heterocycles. The molecule has 0 aromatic carbocycles. The van der Waals surface area contributed by atoms with Crippen LogP contribution in [0.4, 0.5) is 0 Å². The van der Waals surface area contributed by atoms with Crippen molar-refractivity contribution in [2.24, 2.45) is 23.5 Å². The first kappa shape index (κ1) is 10.4. The van der Waals surface area contributed by atoms with Crippen LogP contribution < -0.4 is 5.73 Å². The van der Waals surface area contributed by atoms with Crippen molar-refractivity contribution in [2.75, 3.05) is 19.8 Å². The van der Waals surface area contributed by atoms with Crippen molar-refractivity contribution in [3.63, 3.8) is 0 Å². The summed E-state index contributed by atoms with van der Waals surface area (Å²) in [4.78, 5) is 0. The Morgan fingerprint density at radius 2 is 1.64 bits per heavy atom. The van der Waals surface area contributed by atoms with E-state index in [9.17, 15) is 0 Å². The van der Waals surface area contributed by atoms with Crippen LogP contribution in [-0.2, 0) is 4.74 Å². The van der Waals surface area contributed by atoms with Gasteiger partial charge in [0.25, 0.3) is 0 Å². The van der Waals surface area contributed by atoms with E-state index in [2.05, 4.69) is 0 Å². The van der Waals surface area contributed by atoms with Gasteiger partial charge < -0.3 is 10.5 Å². The van der Waals surface area contributed by atoms with Crippen LogP contribution >= 0.6 is 0 Å². The van der Waals surface area contributed by atoms with Gasteiger partial charge in [0, 0.05) is 13.2 Å². The normalized spacial score (nSPS) is 33.2. The molecule has 0 aromatic heterocycles. The summed E-state index contributed by atoms with van der Waals surface area (Å²) in [5.41, 5.74) is 5.74. The molecule has 0 aromatic rings. The Morgan fingerprint density at radius 3 is 2.29 bits per heavy atom. The Morgan fingerprint density at radius 1 is 0.929 bits per heavy atom. The first-order valence-electron chi connectivity index (χ1n) is 6.18. The molecule has 2 fully saturated rings. The van der Waals surface area contributed by atoms with E-state index in [1.54, 1.807) is 0 Å². The summed E-state index contributed by atoms with van der Waals surface area (Å²) in [5, 5.41) is 0. The van der Waals surface area contributed by atoms with E-state index in [4.69, 9.17) is 10.5 Å². The first-order chi connectivity index (χ1) is 6.90. The summed E-state index contributed by atoms with van der Waals surface area (Å²) in [6.07, 6.45) is 8.23. The van der Waals surface area contributed by atoms with Crippen molar-refractivity contribution in [1.82, 2.24) is 0 Å². The molecule has 0 aliphatic heterocycles. The van der Waals surface area contributed by atoms with Crippen LogP contribution in [0, 0.1) is 17.8 Å². The van der Waals surface area contributed by atoms with Gasteiger partial charge in [-0.3, -0.25) is 0 Å². The lowest BCUT2D eigenvalue weighted by Crippen LogP contribution is -2.24. The maximum Gasteiger partial charge on any atom is 0.0497 e. The van der Waals surface area contributed by atoms with Gasteiger partial charge in [-0.15, -0.1) is 0 Å². The van der Waals surface area contributed by atoms with E-state index in [0.29, 0.717) is 0 Å². The zero-order valence-electron chi connectivity index (χ0n) is 9.08. The molecular formula is C12H23NO. The largest absolute Gasteiger partial charge is 0.381 e. The fourth-order valence-corrected chi connectivity index (χ4v) is 2.69. The minimum absolute atomic E-state index is 0.747. The van der Waals surface area contributed by atoms with Crippen LogP contribution in [-0.4, -0.2) is 19.8 Å². The van der Waals surface area contributed by atoms with Crippen LogP contribution in [0.25, 0.3) is 0 Å². The summed E-state index contributed by atoms with van der Waals surface area (Å²) < 4.78 is 5.80. The Balaban J connectivity index is 1.59. The molecule has 2 atom stereocenters. The van der Waals surface area contributed by atoms with Gasteiger partial charge in [-0.1, -0.05) is 12.8 Å². The highest BCUT2D eigenvalue weighted by Crippen LogP contribution is 2.32. The molecule has 2 rings (SSSR count). The highest BCUT2D eigenvalue weighted by Gasteiger charge is 2.26. The molecule has 0 bridgehead atoms. The summed E-state index contributed by atoms with van der Waals surface area (Å²) in [7, 11) is 0. The Bertz CT molecular complexity index is 168. The Kier molecular flexibility index (Phi) is 3.82. The molecule has 14 heavy (non-hydrogen) atoms. The standard InChI is InChI=1S/C12H23NO/c13-7-11-5-2-6-12(11)9-14-8-10-3-1-4-10/h10-12H,1-9,13H2. The summed E-state index contributed by atoms with van der Waals surface area (Å²) in [6, 6.07) is 0. The van der Waals surface area contributed by atoms with Crippen molar-refractivity contribution in [1.29, 1.82) is 0 Å². The van der Waals surface area contributed by atoms with Gasteiger partial charge in [-0.05, 0) is 50.0 Å². The van der Waals surface area contributed by atoms with Crippen LogP contribution in [0.5, 0.6) is 0 Å². The molecule has 2 aliphatic carbocycles. The van der Waals surface area contributed by atoms with Gasteiger partial charge in [-0.25, -0.2) is 0 Å². The Hall–Kier alpha value is -0.0800. The first-order valence-corrected chi connectivity index (χ1v) is 6.18. The van der Waals surface area contributed by atoms with Crippen molar-refractivity contribution in [2.45, 2.75) is 38.5 Å². The lowest BCUT2D eigenvalue weighted by Gasteiger charge is -2.26. The van der Waals surface area contributed by atoms with Gasteiger partial charge >= 0.3 is 0 Å². The van der Waals surface area contributed by atoms with Crippen LogP contribution in [0.3, 0.4) is 0 Å². The molecular weight excluding hydrogens is 174 g/mol. The fourth-order valence-electron chi connectivity index (χ4n) is 2.69. The zero-order valence-corrected chi connectivity index (χ0v) is 9.08. The maximum absolute atomic E-state index is 5.80. The fraction of sp³-hybridized carbons (Fsp3) is 1.00. The lowest BCUT2D eigenvalue weighted by molar-refractivity contribution is 0.0404. The molecule has 0 spiro atoms. The second kappa shape index (κ2) is 5.13. The predicted octanol–water partition coefficient (Wildman–Crippen LogP) is 2.18. The summed E-state index contributed by atoms with van der Waals surface area (Å²) in [6.45, 7) is 2.84. The average molecular weight is 197 g/mol. The minimum atomic E-state index is 0.747. The smallest absolute Gasteiger partial charge is 0.0497 e. The third kappa shape index (κ3) is 2.48. The van der Waals surface area contributed by atoms with E-state index in [1.807, 2.05) is 0 Å². The second-order valence-corrected chi connectivity index (χ2v) is 5.02. The van der Waals surface area contributed by atoms with Gasteiger partial charge in [0.1, 0.15) is 0 Å². The van der Waals surface area contributed by atoms with Crippen molar-refractivity contribution >= 4 is 0 Å². The van der Waals surface area contributed by atoms with Crippen LogP contribution in [0.15, 0.2) is 0 Å². The molecule has 2 heteroatoms. The second-order valence-electron chi connectivity index (χ2n) is 5.02. The van der Waals surface area contributed by atoms with Crippen molar-refractivity contribution < 1.29 is 4.74 Å². The number of ether oxygens (including phenoxy) is 1. The van der Waals surface area contributed by atoms with Gasteiger partial charge in [0.2, 0.25) is 0 Å². The van der Waals surface area contributed by atoms with Crippen molar-refractivity contribution in [3.05, 3.63) is 0 Å². The zero-order chi connectivity index (χ0) is 9.80. The van der Waals surface area contributed by atoms with Gasteiger partial charge in [-0.2, -0.15) is 0 Å². The SMILES string of the molecule is NCC1CCCC1COCC1CCC1. The van der Waals surface area contributed by atoms with Gasteiger partial charge in [0.05, 0.1) is 0 Å².